The number of alkyl halides is 2. The number of hydrogen-bond acceptors (Lipinski definition) is 8. The lowest BCUT2D eigenvalue weighted by atomic mass is 9.86. The van der Waals surface area contributed by atoms with E-state index in [0.717, 1.165) is 38.8 Å². The van der Waals surface area contributed by atoms with Crippen LogP contribution in [0.5, 0.6) is 11.5 Å². The predicted molar refractivity (Wildman–Crippen MR) is 198 cm³/mol. The van der Waals surface area contributed by atoms with Crippen LogP contribution in [0.2, 0.25) is 10.0 Å². The van der Waals surface area contributed by atoms with Crippen molar-refractivity contribution in [3.05, 3.63) is 123 Å². The van der Waals surface area contributed by atoms with Gasteiger partial charge in [0.1, 0.15) is 34.1 Å². The molecule has 3 aliphatic heterocycles. The topological polar surface area (TPSA) is 100 Å². The second-order valence-corrected chi connectivity index (χ2v) is 15.1. The number of nitrogens with zero attached hydrogens (tertiary/aromatic N) is 1. The molecule has 1 aliphatic carbocycles. The first-order chi connectivity index (χ1) is 26.6. The first kappa shape index (κ1) is 38.9. The summed E-state index contributed by atoms with van der Waals surface area (Å²) in [5.41, 5.74) is 2.23. The Hall–Kier alpha value is -4.36. The van der Waals surface area contributed by atoms with Crippen molar-refractivity contribution in [2.24, 2.45) is 11.8 Å². The standard InChI is InChI=1S/C41H40Cl2F3N3O6/c42-32-20-47-21-33(43)31(32)18-35(27-9-10-34(55-41(45)46)36(17-27)52-23-24-7-8-24)53-39(50)29-5-1-3-25(15-29)19-48-38(28-4-2-6-30(44)16-28)40(51)54-37-22-49-13-11-26(37)12-14-49/h1-6,9-10,15-17,20-21,24,26,35,37-38,41,48H,7-8,11-14,18-19,22-23H2/p+1/t35-,37-,38?/m0/s1. The Morgan fingerprint density at radius 2 is 1.67 bits per heavy atom. The Morgan fingerprint density at radius 1 is 0.909 bits per heavy atom. The summed E-state index contributed by atoms with van der Waals surface area (Å²) >= 11 is 13.0. The SMILES string of the molecule is O=C(O[C@@H](Cc1c(Cl)c[nH+]cc1Cl)c1ccc(OC(F)F)c(OCC2CC2)c1)c1cccc(CNC(C(=O)O[C@H]2CN3CCC2CC3)c2cccc(F)c2)c1. The number of hydrogen-bond donors (Lipinski definition) is 1. The Morgan fingerprint density at radius 3 is 2.36 bits per heavy atom. The molecule has 4 fully saturated rings. The molecule has 3 aromatic carbocycles. The van der Waals surface area contributed by atoms with Crippen LogP contribution in [0.25, 0.3) is 0 Å². The van der Waals surface area contributed by atoms with Crippen LogP contribution < -0.4 is 19.8 Å². The fourth-order valence-electron chi connectivity index (χ4n) is 7.12. The molecular weight excluding hydrogens is 758 g/mol. The summed E-state index contributed by atoms with van der Waals surface area (Å²) < 4.78 is 63.7. The van der Waals surface area contributed by atoms with Crippen LogP contribution in [-0.4, -0.2) is 55.8 Å². The molecule has 4 heterocycles. The zero-order valence-corrected chi connectivity index (χ0v) is 31.3. The third-order valence-electron chi connectivity index (χ3n) is 10.3. The third kappa shape index (κ3) is 10.1. The largest absolute Gasteiger partial charge is 0.489 e. The van der Waals surface area contributed by atoms with Crippen LogP contribution in [0.1, 0.15) is 70.4 Å². The highest BCUT2D eigenvalue weighted by Gasteiger charge is 2.38. The number of piperidine rings is 3. The van der Waals surface area contributed by atoms with Crippen LogP contribution in [0.3, 0.4) is 0 Å². The number of pyridine rings is 1. The Balaban J connectivity index is 1.10. The normalized spacial score (nSPS) is 20.1. The molecule has 4 aliphatic rings. The minimum atomic E-state index is -3.07. The molecule has 4 aromatic rings. The molecule has 9 nitrogen and oxygen atoms in total. The minimum absolute atomic E-state index is 0.0491. The maximum absolute atomic E-state index is 14.4. The van der Waals surface area contributed by atoms with E-state index >= 15 is 0 Å². The van der Waals surface area contributed by atoms with Crippen molar-refractivity contribution in [2.45, 2.75) is 63.5 Å². The number of halogens is 5. The Kier molecular flexibility index (Phi) is 12.5. The number of esters is 2. The zero-order chi connectivity index (χ0) is 38.5. The fourth-order valence-corrected chi connectivity index (χ4v) is 7.65. The maximum atomic E-state index is 14.4. The molecular formula is C41H41Cl2F3N3O6+. The van der Waals surface area contributed by atoms with E-state index in [0.29, 0.717) is 57.3 Å². The summed E-state index contributed by atoms with van der Waals surface area (Å²) in [7, 11) is 0. The van der Waals surface area contributed by atoms with Crippen LogP contribution in [0.15, 0.2) is 79.1 Å². The van der Waals surface area contributed by atoms with Gasteiger partial charge in [-0.1, -0.05) is 53.5 Å². The lowest BCUT2D eigenvalue weighted by molar-refractivity contribution is -0.377. The number of rotatable bonds is 16. The zero-order valence-electron chi connectivity index (χ0n) is 29.8. The molecule has 290 valence electrons. The van der Waals surface area contributed by atoms with Crippen LogP contribution in [-0.2, 0) is 27.2 Å². The fraction of sp³-hybridized carbons (Fsp3) is 0.390. The van der Waals surface area contributed by atoms with Gasteiger partial charge in [0, 0.05) is 25.1 Å². The lowest BCUT2D eigenvalue weighted by Gasteiger charge is -2.44. The number of carbonyl (C=O) groups is 2. The van der Waals surface area contributed by atoms with E-state index in [-0.39, 0.29) is 36.1 Å². The van der Waals surface area contributed by atoms with Crippen LogP contribution in [0, 0.1) is 17.7 Å². The van der Waals surface area contributed by atoms with Crippen LogP contribution >= 0.6 is 23.2 Å². The smallest absolute Gasteiger partial charge is 0.387 e. The molecule has 1 saturated carbocycles. The summed E-state index contributed by atoms with van der Waals surface area (Å²) in [6.45, 7) is 0.0743. The van der Waals surface area contributed by atoms with Crippen molar-refractivity contribution in [1.29, 1.82) is 0 Å². The highest BCUT2D eigenvalue weighted by Crippen LogP contribution is 2.38. The van der Waals surface area contributed by atoms with E-state index in [1.807, 2.05) is 0 Å². The number of nitrogens with one attached hydrogen (secondary N) is 2. The van der Waals surface area contributed by atoms with Gasteiger partial charge in [0.05, 0.1) is 12.2 Å². The van der Waals surface area contributed by atoms with E-state index in [4.69, 9.17) is 42.1 Å². The molecule has 0 amide bonds. The molecule has 2 N–H and O–H groups in total. The van der Waals surface area contributed by atoms with E-state index in [1.165, 1.54) is 30.3 Å². The highest BCUT2D eigenvalue weighted by molar-refractivity contribution is 6.35. The van der Waals surface area contributed by atoms with Gasteiger partial charge in [-0.05, 0) is 104 Å². The van der Waals surface area contributed by atoms with Crippen molar-refractivity contribution in [1.82, 2.24) is 10.2 Å². The van der Waals surface area contributed by atoms with Gasteiger partial charge in [-0.15, -0.1) is 0 Å². The molecule has 55 heavy (non-hydrogen) atoms. The molecule has 8 rings (SSSR count). The molecule has 14 heteroatoms. The predicted octanol–water partition coefficient (Wildman–Crippen LogP) is 7.95. The molecule has 1 unspecified atom stereocenters. The van der Waals surface area contributed by atoms with Gasteiger partial charge < -0.3 is 18.9 Å². The number of aromatic nitrogens is 1. The van der Waals surface area contributed by atoms with Crippen LogP contribution in [0.4, 0.5) is 13.2 Å². The van der Waals surface area contributed by atoms with Crippen molar-refractivity contribution in [3.63, 3.8) is 0 Å². The summed E-state index contributed by atoms with van der Waals surface area (Å²) in [5, 5.41) is 3.84. The third-order valence-corrected chi connectivity index (χ3v) is 11.0. The van der Waals surface area contributed by atoms with Gasteiger partial charge in [-0.3, -0.25) is 10.2 Å². The van der Waals surface area contributed by atoms with Crippen molar-refractivity contribution >= 4 is 35.1 Å². The van der Waals surface area contributed by atoms with Crippen molar-refractivity contribution in [2.75, 3.05) is 26.2 Å². The van der Waals surface area contributed by atoms with Crippen molar-refractivity contribution in [3.8, 4) is 11.5 Å². The number of H-pyrrole nitrogens is 1. The number of carbonyl (C=O) groups excluding carboxylic acids is 2. The van der Waals surface area contributed by atoms with E-state index in [2.05, 4.69) is 15.2 Å². The summed E-state index contributed by atoms with van der Waals surface area (Å²) in [6, 6.07) is 16.0. The van der Waals surface area contributed by atoms with Gasteiger partial charge in [-0.2, -0.15) is 8.78 Å². The number of benzene rings is 3. The second kappa shape index (κ2) is 17.6. The summed E-state index contributed by atoms with van der Waals surface area (Å²) in [5.74, 6) is -1.07. The quantitative estimate of drug-likeness (QED) is 0.114. The first-order valence-electron chi connectivity index (χ1n) is 18.4. The molecule has 0 radical (unpaired) electrons. The van der Waals surface area contributed by atoms with Gasteiger partial charge in [-0.25, -0.2) is 19.0 Å². The lowest BCUT2D eigenvalue weighted by Crippen LogP contribution is -2.52. The second-order valence-electron chi connectivity index (χ2n) is 14.2. The average Bonchev–Trinajstić information content (AvgIpc) is 4.01. The van der Waals surface area contributed by atoms with Gasteiger partial charge in [0.25, 0.3) is 0 Å². The van der Waals surface area contributed by atoms with Gasteiger partial charge in [0.2, 0.25) is 0 Å². The van der Waals surface area contributed by atoms with E-state index in [1.54, 1.807) is 48.8 Å². The number of ether oxygens (including phenoxy) is 4. The number of aromatic amines is 1. The molecule has 3 saturated heterocycles. The summed E-state index contributed by atoms with van der Waals surface area (Å²) in [4.78, 5) is 32.7. The average molecular weight is 800 g/mol. The van der Waals surface area contributed by atoms with E-state index < -0.39 is 36.5 Å². The minimum Gasteiger partial charge on any atom is -0.489 e. The monoisotopic (exact) mass is 798 g/mol. The van der Waals surface area contributed by atoms with E-state index in [9.17, 15) is 22.8 Å². The molecule has 0 spiro atoms. The first-order valence-corrected chi connectivity index (χ1v) is 19.1. The van der Waals surface area contributed by atoms with Gasteiger partial charge >= 0.3 is 18.6 Å². The summed E-state index contributed by atoms with van der Waals surface area (Å²) in [6.07, 6.45) is 5.84. The molecule has 3 atom stereocenters. The number of fused-ring (bicyclic) bond motifs is 3. The van der Waals surface area contributed by atoms with Gasteiger partial charge in [0.15, 0.2) is 23.9 Å². The Labute approximate surface area is 327 Å². The van der Waals surface area contributed by atoms with Crippen molar-refractivity contribution < 1.29 is 46.7 Å². The highest BCUT2D eigenvalue weighted by atomic mass is 35.5. The molecule has 2 bridgehead atoms. The molecule has 1 aromatic heterocycles. The Bertz CT molecular complexity index is 1970. The maximum Gasteiger partial charge on any atom is 0.387 e.